The standard InChI is InChI=1S/C9H7ClF3N3S2/c10-6-2-1-5(17-6)3-4-14-8-15-7(16-18-8)9(11,12)13/h1-2H,3-4H2,(H,14,15,16). The number of aromatic nitrogens is 2. The lowest BCUT2D eigenvalue weighted by atomic mass is 10.3. The van der Waals surface area contributed by atoms with Crippen LogP contribution in [0.2, 0.25) is 4.34 Å². The van der Waals surface area contributed by atoms with Gasteiger partial charge in [-0.1, -0.05) is 11.6 Å². The summed E-state index contributed by atoms with van der Waals surface area (Å²) in [5, 5.41) is 2.97. The molecule has 2 aromatic heterocycles. The maximum absolute atomic E-state index is 12.2. The second kappa shape index (κ2) is 5.41. The predicted octanol–water partition coefficient (Wildman–Crippen LogP) is 3.93. The van der Waals surface area contributed by atoms with E-state index in [0.717, 1.165) is 4.88 Å². The van der Waals surface area contributed by atoms with Crippen LogP contribution in [0.3, 0.4) is 0 Å². The zero-order valence-corrected chi connectivity index (χ0v) is 11.2. The zero-order chi connectivity index (χ0) is 13.2. The molecule has 0 radical (unpaired) electrons. The minimum Gasteiger partial charge on any atom is -0.360 e. The first-order valence-corrected chi connectivity index (χ1v) is 6.81. The van der Waals surface area contributed by atoms with Gasteiger partial charge in [-0.3, -0.25) is 0 Å². The van der Waals surface area contributed by atoms with Crippen LogP contribution < -0.4 is 5.32 Å². The van der Waals surface area contributed by atoms with Crippen LogP contribution >= 0.6 is 34.5 Å². The van der Waals surface area contributed by atoms with E-state index in [4.69, 9.17) is 11.6 Å². The quantitative estimate of drug-likeness (QED) is 0.929. The predicted molar refractivity (Wildman–Crippen MR) is 66.4 cm³/mol. The van der Waals surface area contributed by atoms with Gasteiger partial charge in [0.1, 0.15) is 0 Å². The van der Waals surface area contributed by atoms with Crippen LogP contribution in [0.15, 0.2) is 12.1 Å². The molecule has 3 nitrogen and oxygen atoms in total. The second-order valence-corrected chi connectivity index (χ2v) is 5.85. The smallest absolute Gasteiger partial charge is 0.360 e. The second-order valence-electron chi connectivity index (χ2n) is 3.30. The van der Waals surface area contributed by atoms with Crippen molar-refractivity contribution < 1.29 is 13.2 Å². The number of thiophene rings is 1. The molecule has 2 heterocycles. The highest BCUT2D eigenvalue weighted by atomic mass is 35.5. The first-order chi connectivity index (χ1) is 8.45. The monoisotopic (exact) mass is 313 g/mol. The number of halogens is 4. The Bertz CT molecular complexity index is 523. The maximum atomic E-state index is 12.2. The number of alkyl halides is 3. The van der Waals surface area contributed by atoms with Crippen LogP contribution in [0.5, 0.6) is 0 Å². The number of hydrogen-bond acceptors (Lipinski definition) is 5. The van der Waals surface area contributed by atoms with E-state index in [-0.39, 0.29) is 5.13 Å². The summed E-state index contributed by atoms with van der Waals surface area (Å²) in [7, 11) is 0. The molecule has 0 spiro atoms. The lowest BCUT2D eigenvalue weighted by Crippen LogP contribution is -2.08. The summed E-state index contributed by atoms with van der Waals surface area (Å²) in [6.45, 7) is 0.489. The number of anilines is 1. The van der Waals surface area contributed by atoms with Crippen molar-refractivity contribution in [3.63, 3.8) is 0 Å². The van der Waals surface area contributed by atoms with Gasteiger partial charge in [0, 0.05) is 23.0 Å². The molecule has 2 rings (SSSR count). The first-order valence-electron chi connectivity index (χ1n) is 4.84. The van der Waals surface area contributed by atoms with E-state index in [1.807, 2.05) is 6.07 Å². The average molecular weight is 314 g/mol. The minimum absolute atomic E-state index is 0.171. The summed E-state index contributed by atoms with van der Waals surface area (Å²) in [5.41, 5.74) is 0. The van der Waals surface area contributed by atoms with Gasteiger partial charge in [0.25, 0.3) is 0 Å². The topological polar surface area (TPSA) is 37.8 Å². The maximum Gasteiger partial charge on any atom is 0.452 e. The Balaban J connectivity index is 1.85. The van der Waals surface area contributed by atoms with Crippen LogP contribution in [-0.4, -0.2) is 15.9 Å². The van der Waals surface area contributed by atoms with E-state index in [1.165, 1.54) is 11.3 Å². The lowest BCUT2D eigenvalue weighted by Gasteiger charge is -2.00. The molecule has 0 atom stereocenters. The van der Waals surface area contributed by atoms with Gasteiger partial charge in [-0.2, -0.15) is 22.5 Å². The van der Waals surface area contributed by atoms with E-state index in [0.29, 0.717) is 28.8 Å². The molecular weight excluding hydrogens is 307 g/mol. The molecule has 9 heteroatoms. The molecule has 0 bridgehead atoms. The molecule has 0 saturated carbocycles. The van der Waals surface area contributed by atoms with Gasteiger partial charge in [-0.25, -0.2) is 0 Å². The van der Waals surface area contributed by atoms with Gasteiger partial charge in [0.2, 0.25) is 11.0 Å². The summed E-state index contributed by atoms with van der Waals surface area (Å²) in [6, 6.07) is 3.67. The minimum atomic E-state index is -4.49. The van der Waals surface area contributed by atoms with E-state index >= 15 is 0 Å². The highest BCUT2D eigenvalue weighted by Crippen LogP contribution is 2.29. The molecule has 2 aromatic rings. The molecule has 0 aliphatic heterocycles. The third-order valence-electron chi connectivity index (χ3n) is 1.96. The van der Waals surface area contributed by atoms with Crippen molar-refractivity contribution in [2.24, 2.45) is 0 Å². The Labute approximate surface area is 114 Å². The molecule has 0 fully saturated rings. The fourth-order valence-corrected chi connectivity index (χ4v) is 2.89. The van der Waals surface area contributed by atoms with Gasteiger partial charge in [-0.15, -0.1) is 11.3 Å². The fourth-order valence-electron chi connectivity index (χ4n) is 1.19. The van der Waals surface area contributed by atoms with Crippen molar-refractivity contribution in [1.82, 2.24) is 9.36 Å². The van der Waals surface area contributed by atoms with Crippen LogP contribution in [0, 0.1) is 0 Å². The highest BCUT2D eigenvalue weighted by Gasteiger charge is 2.36. The summed E-state index contributed by atoms with van der Waals surface area (Å²) in [5.74, 6) is -1.10. The summed E-state index contributed by atoms with van der Waals surface area (Å²) in [6.07, 6.45) is -3.81. The average Bonchev–Trinajstić information content (AvgIpc) is 2.87. The molecule has 0 amide bonds. The molecule has 0 aliphatic rings. The molecule has 0 aromatic carbocycles. The highest BCUT2D eigenvalue weighted by molar-refractivity contribution is 7.16. The van der Waals surface area contributed by atoms with E-state index in [1.54, 1.807) is 6.07 Å². The van der Waals surface area contributed by atoms with Crippen molar-refractivity contribution in [3.05, 3.63) is 27.2 Å². The molecule has 1 N–H and O–H groups in total. The molecule has 0 unspecified atom stereocenters. The van der Waals surface area contributed by atoms with Crippen LogP contribution in [0.1, 0.15) is 10.7 Å². The lowest BCUT2D eigenvalue weighted by molar-refractivity contribution is -0.144. The van der Waals surface area contributed by atoms with Gasteiger partial charge in [0.15, 0.2) is 0 Å². The van der Waals surface area contributed by atoms with Crippen LogP contribution in [0.25, 0.3) is 0 Å². The Kier molecular flexibility index (Phi) is 4.08. The number of rotatable bonds is 4. The van der Waals surface area contributed by atoms with Crippen LogP contribution in [0.4, 0.5) is 18.3 Å². The van der Waals surface area contributed by atoms with E-state index in [9.17, 15) is 13.2 Å². The fraction of sp³-hybridized carbons (Fsp3) is 0.333. The SMILES string of the molecule is FC(F)(F)c1nsc(NCCc2ccc(Cl)s2)n1. The van der Waals surface area contributed by atoms with Gasteiger partial charge in [-0.05, 0) is 18.6 Å². The molecule has 18 heavy (non-hydrogen) atoms. The Morgan fingerprint density at radius 2 is 2.11 bits per heavy atom. The summed E-state index contributed by atoms with van der Waals surface area (Å²) >= 11 is 7.91. The zero-order valence-electron chi connectivity index (χ0n) is 8.79. The Morgan fingerprint density at radius 3 is 2.67 bits per heavy atom. The Morgan fingerprint density at radius 1 is 1.33 bits per heavy atom. The van der Waals surface area contributed by atoms with Crippen molar-refractivity contribution in [1.29, 1.82) is 0 Å². The number of nitrogens with one attached hydrogen (secondary N) is 1. The molecular formula is C9H7ClF3N3S2. The van der Waals surface area contributed by atoms with Crippen molar-refractivity contribution >= 4 is 39.6 Å². The third-order valence-corrected chi connectivity index (χ3v) is 3.92. The molecule has 0 aliphatic carbocycles. The summed E-state index contributed by atoms with van der Waals surface area (Å²) in [4.78, 5) is 4.43. The van der Waals surface area contributed by atoms with E-state index < -0.39 is 12.0 Å². The summed E-state index contributed by atoms with van der Waals surface area (Å²) < 4.78 is 40.6. The van der Waals surface area contributed by atoms with Crippen molar-refractivity contribution in [3.8, 4) is 0 Å². The van der Waals surface area contributed by atoms with Gasteiger partial charge < -0.3 is 5.32 Å². The van der Waals surface area contributed by atoms with Gasteiger partial charge >= 0.3 is 6.18 Å². The normalized spacial score (nSPS) is 11.8. The van der Waals surface area contributed by atoms with Crippen molar-refractivity contribution in [2.75, 3.05) is 11.9 Å². The number of hydrogen-bond donors (Lipinski definition) is 1. The van der Waals surface area contributed by atoms with Crippen LogP contribution in [-0.2, 0) is 12.6 Å². The van der Waals surface area contributed by atoms with Crippen molar-refractivity contribution in [2.45, 2.75) is 12.6 Å². The third kappa shape index (κ3) is 3.56. The molecule has 98 valence electrons. The van der Waals surface area contributed by atoms with Gasteiger partial charge in [0.05, 0.1) is 4.34 Å². The first kappa shape index (κ1) is 13.6. The van der Waals surface area contributed by atoms with E-state index in [2.05, 4.69) is 14.7 Å². The number of nitrogens with zero attached hydrogens (tertiary/aromatic N) is 2. The Hall–Kier alpha value is -0.860. The largest absolute Gasteiger partial charge is 0.452 e. The molecule has 0 saturated heterocycles.